The molecule has 11 heavy (non-hydrogen) atoms. The van der Waals surface area contributed by atoms with E-state index in [4.69, 9.17) is 23.2 Å². The summed E-state index contributed by atoms with van der Waals surface area (Å²) in [4.78, 5) is 0. The minimum absolute atomic E-state index is 0.0839. The first-order valence-electron chi connectivity index (χ1n) is 2.75. The molecule has 1 aromatic carbocycles. The van der Waals surface area contributed by atoms with E-state index in [0.717, 1.165) is 6.07 Å². The fourth-order valence-electron chi connectivity index (χ4n) is 0.628. The van der Waals surface area contributed by atoms with E-state index in [9.17, 15) is 9.60 Å². The number of hydrogen-bond donors (Lipinski definition) is 1. The molecule has 0 amide bonds. The molecule has 0 aliphatic heterocycles. The van der Waals surface area contributed by atoms with Crippen LogP contribution in [0.2, 0.25) is 10.0 Å². The third kappa shape index (κ3) is 1.81. The monoisotopic (exact) mass is 195 g/mol. The van der Waals surface area contributed by atoms with Gasteiger partial charge in [0.15, 0.2) is 11.5 Å². The zero-order chi connectivity index (χ0) is 8.43. The second-order valence-electron chi connectivity index (χ2n) is 1.91. The molecule has 0 aliphatic carbocycles. The third-order valence-electron chi connectivity index (χ3n) is 1.17. The summed E-state index contributed by atoms with van der Waals surface area (Å²) in [6.07, 6.45) is 0. The van der Waals surface area contributed by atoms with E-state index in [1.807, 2.05) is 0 Å². The van der Waals surface area contributed by atoms with E-state index in [-0.39, 0.29) is 15.7 Å². The highest BCUT2D eigenvalue weighted by molar-refractivity contribution is 6.42. The van der Waals surface area contributed by atoms with Gasteiger partial charge in [-0.2, -0.15) is 0 Å². The Morgan fingerprint density at radius 1 is 1.27 bits per heavy atom. The standard InChI is InChI=1S/C6H4Cl2FNO/c7-3-1-5(9)6(10-11)2-4(3)8/h1-2H,10H2. The number of benzene rings is 1. The summed E-state index contributed by atoms with van der Waals surface area (Å²) in [6, 6.07) is 2.19. The summed E-state index contributed by atoms with van der Waals surface area (Å²) >= 11 is 11.0. The minimum Gasteiger partial charge on any atom is -0.630 e. The van der Waals surface area contributed by atoms with Crippen LogP contribution in [0.1, 0.15) is 0 Å². The molecule has 1 aromatic rings. The summed E-state index contributed by atoms with van der Waals surface area (Å²) in [5.41, 5.74) is 0.303. The maximum absolute atomic E-state index is 12.7. The molecule has 0 atom stereocenters. The maximum atomic E-state index is 12.7. The van der Waals surface area contributed by atoms with Crippen LogP contribution in [0.25, 0.3) is 0 Å². The normalized spacial score (nSPS) is 10.2. The number of quaternary nitrogens is 1. The highest BCUT2D eigenvalue weighted by atomic mass is 35.5. The Morgan fingerprint density at radius 3 is 2.36 bits per heavy atom. The van der Waals surface area contributed by atoms with Crippen molar-refractivity contribution in [2.75, 3.05) is 0 Å². The molecule has 60 valence electrons. The Bertz CT molecular complexity index is 280. The quantitative estimate of drug-likeness (QED) is 0.415. The van der Waals surface area contributed by atoms with Crippen molar-refractivity contribution in [1.82, 2.24) is 0 Å². The van der Waals surface area contributed by atoms with Crippen molar-refractivity contribution < 1.29 is 9.87 Å². The second kappa shape index (κ2) is 3.36. The predicted molar refractivity (Wildman–Crippen MR) is 41.4 cm³/mol. The lowest BCUT2D eigenvalue weighted by molar-refractivity contribution is -0.499. The first kappa shape index (κ1) is 8.74. The van der Waals surface area contributed by atoms with Gasteiger partial charge in [0.25, 0.3) is 0 Å². The highest BCUT2D eigenvalue weighted by Crippen LogP contribution is 2.25. The number of rotatable bonds is 1. The molecule has 0 saturated carbocycles. The topological polar surface area (TPSA) is 39.7 Å². The predicted octanol–water partition coefficient (Wildman–Crippen LogP) is 1.83. The Kier molecular flexibility index (Phi) is 2.67. The Balaban J connectivity index is 3.21. The third-order valence-corrected chi connectivity index (χ3v) is 1.89. The summed E-state index contributed by atoms with van der Waals surface area (Å²) in [7, 11) is 0. The molecule has 0 spiro atoms. The van der Waals surface area contributed by atoms with Gasteiger partial charge in [-0.15, -0.1) is 0 Å². The Hall–Kier alpha value is -0.350. The molecule has 5 heteroatoms. The number of nitrogens with two attached hydrogens (primary N) is 1. The Morgan fingerprint density at radius 2 is 1.82 bits per heavy atom. The summed E-state index contributed by atoms with van der Waals surface area (Å²) in [6.45, 7) is 0. The fraction of sp³-hybridized carbons (Fsp3) is 0. The molecule has 0 aromatic heterocycles. The molecule has 2 N–H and O–H groups in total. The minimum atomic E-state index is -0.658. The summed E-state index contributed by atoms with van der Waals surface area (Å²) in [5.74, 6) is -0.658. The molecule has 0 radical (unpaired) electrons. The van der Waals surface area contributed by atoms with Crippen molar-refractivity contribution >= 4 is 28.9 Å². The highest BCUT2D eigenvalue weighted by Gasteiger charge is 2.07. The molecule has 0 bridgehead atoms. The average Bonchev–Trinajstić information content (AvgIpc) is 1.97. The van der Waals surface area contributed by atoms with Crippen LogP contribution in [0.15, 0.2) is 12.1 Å². The van der Waals surface area contributed by atoms with E-state index >= 15 is 0 Å². The van der Waals surface area contributed by atoms with Gasteiger partial charge in [-0.05, 0) is 0 Å². The van der Waals surface area contributed by atoms with Crippen molar-refractivity contribution in [1.29, 1.82) is 0 Å². The van der Waals surface area contributed by atoms with E-state index < -0.39 is 5.82 Å². The van der Waals surface area contributed by atoms with Crippen molar-refractivity contribution in [3.05, 3.63) is 33.2 Å². The van der Waals surface area contributed by atoms with Gasteiger partial charge in [0.1, 0.15) is 0 Å². The van der Waals surface area contributed by atoms with Gasteiger partial charge < -0.3 is 10.7 Å². The molecular formula is C6H4Cl2FNO. The fourth-order valence-corrected chi connectivity index (χ4v) is 0.951. The summed E-state index contributed by atoms with van der Waals surface area (Å²) < 4.78 is 12.7. The van der Waals surface area contributed by atoms with Crippen molar-refractivity contribution in [3.63, 3.8) is 0 Å². The maximum Gasteiger partial charge on any atom is 0.185 e. The largest absolute Gasteiger partial charge is 0.630 e. The van der Waals surface area contributed by atoms with Gasteiger partial charge in [0.05, 0.1) is 10.0 Å². The van der Waals surface area contributed by atoms with Gasteiger partial charge >= 0.3 is 0 Å². The van der Waals surface area contributed by atoms with Crippen LogP contribution in [0.5, 0.6) is 0 Å². The molecule has 0 heterocycles. The smallest absolute Gasteiger partial charge is 0.185 e. The lowest BCUT2D eigenvalue weighted by Gasteiger charge is -2.03. The van der Waals surface area contributed by atoms with E-state index in [2.05, 4.69) is 0 Å². The number of halogens is 3. The van der Waals surface area contributed by atoms with Gasteiger partial charge in [-0.3, -0.25) is 0 Å². The van der Waals surface area contributed by atoms with E-state index in [1.54, 1.807) is 0 Å². The van der Waals surface area contributed by atoms with Crippen molar-refractivity contribution in [2.24, 2.45) is 0 Å². The molecule has 2 nitrogen and oxygen atoms in total. The first-order chi connectivity index (χ1) is 5.15. The van der Waals surface area contributed by atoms with Crippen molar-refractivity contribution in [3.8, 4) is 0 Å². The van der Waals surface area contributed by atoms with Crippen LogP contribution in [0.3, 0.4) is 0 Å². The Labute approximate surface area is 72.5 Å². The number of hydrogen-bond acceptors (Lipinski definition) is 1. The van der Waals surface area contributed by atoms with Crippen LogP contribution < -0.4 is 5.48 Å². The lowest BCUT2D eigenvalue weighted by Crippen LogP contribution is -2.70. The zero-order valence-electron chi connectivity index (χ0n) is 5.27. The summed E-state index contributed by atoms with van der Waals surface area (Å²) in [5, 5.41) is 10.4. The second-order valence-corrected chi connectivity index (χ2v) is 2.72. The molecule has 0 aliphatic rings. The van der Waals surface area contributed by atoms with E-state index in [1.165, 1.54) is 6.07 Å². The molecule has 0 saturated heterocycles. The molecular weight excluding hydrogens is 192 g/mol. The zero-order valence-corrected chi connectivity index (χ0v) is 6.79. The van der Waals surface area contributed by atoms with Gasteiger partial charge in [-0.1, -0.05) is 23.2 Å². The molecule has 1 rings (SSSR count). The lowest BCUT2D eigenvalue weighted by atomic mass is 10.3. The van der Waals surface area contributed by atoms with Crippen LogP contribution in [0, 0.1) is 11.0 Å². The van der Waals surface area contributed by atoms with Crippen LogP contribution in [0.4, 0.5) is 10.1 Å². The average molecular weight is 196 g/mol. The van der Waals surface area contributed by atoms with Crippen LogP contribution >= 0.6 is 23.2 Å². The molecule has 0 fully saturated rings. The van der Waals surface area contributed by atoms with Crippen molar-refractivity contribution in [2.45, 2.75) is 0 Å². The van der Waals surface area contributed by atoms with Gasteiger partial charge in [-0.25, -0.2) is 4.39 Å². The van der Waals surface area contributed by atoms with Gasteiger partial charge in [0.2, 0.25) is 0 Å². The first-order valence-corrected chi connectivity index (χ1v) is 3.50. The van der Waals surface area contributed by atoms with E-state index in [0.29, 0.717) is 5.48 Å². The van der Waals surface area contributed by atoms with Crippen LogP contribution in [-0.2, 0) is 0 Å². The van der Waals surface area contributed by atoms with Gasteiger partial charge in [0, 0.05) is 12.1 Å². The van der Waals surface area contributed by atoms with Crippen LogP contribution in [-0.4, -0.2) is 0 Å². The molecule has 0 unspecified atom stereocenters. The SMILES string of the molecule is [O-][NH2+]c1cc(Cl)c(Cl)cc1F.